The van der Waals surface area contributed by atoms with Gasteiger partial charge in [-0.1, -0.05) is 11.2 Å². The van der Waals surface area contributed by atoms with E-state index in [1.807, 2.05) is 13.0 Å². The van der Waals surface area contributed by atoms with Gasteiger partial charge in [0.1, 0.15) is 12.4 Å². The molecule has 0 saturated carbocycles. The monoisotopic (exact) mass is 302 g/mol. The number of hydrogen-bond acceptors (Lipinski definition) is 4. The first-order valence-electron chi connectivity index (χ1n) is 5.17. The molecule has 1 aromatic carbocycles. The molecule has 0 aliphatic heterocycles. The Kier molecular flexibility index (Phi) is 5.79. The van der Waals surface area contributed by atoms with Crippen molar-refractivity contribution in [1.29, 1.82) is 0 Å². The van der Waals surface area contributed by atoms with Crippen molar-refractivity contribution in [2.24, 2.45) is 10.9 Å². The summed E-state index contributed by atoms with van der Waals surface area (Å²) in [5.41, 5.74) is 6.12. The van der Waals surface area contributed by atoms with Crippen LogP contribution in [-0.4, -0.2) is 30.9 Å². The van der Waals surface area contributed by atoms with Crippen molar-refractivity contribution in [3.63, 3.8) is 0 Å². The number of ether oxygens (including phenoxy) is 2. The van der Waals surface area contributed by atoms with Crippen molar-refractivity contribution in [2.75, 3.05) is 19.8 Å². The van der Waals surface area contributed by atoms with Gasteiger partial charge < -0.3 is 20.4 Å². The maximum atomic E-state index is 8.71. The molecule has 0 heterocycles. The zero-order chi connectivity index (χ0) is 12.7. The summed E-state index contributed by atoms with van der Waals surface area (Å²) in [4.78, 5) is 0. The van der Waals surface area contributed by atoms with Crippen molar-refractivity contribution < 1.29 is 14.7 Å². The summed E-state index contributed by atoms with van der Waals surface area (Å²) in [6.45, 7) is 3.48. The van der Waals surface area contributed by atoms with E-state index in [1.165, 1.54) is 0 Å². The highest BCUT2D eigenvalue weighted by molar-refractivity contribution is 9.10. The number of nitrogens with two attached hydrogens (primary N) is 1. The van der Waals surface area contributed by atoms with E-state index >= 15 is 0 Å². The second-order valence-electron chi connectivity index (χ2n) is 3.14. The van der Waals surface area contributed by atoms with Crippen LogP contribution in [-0.2, 0) is 4.74 Å². The van der Waals surface area contributed by atoms with Crippen LogP contribution in [0.3, 0.4) is 0 Å². The minimum atomic E-state index is 0.00360. The lowest BCUT2D eigenvalue weighted by atomic mass is 10.2. The first-order valence-corrected chi connectivity index (χ1v) is 5.97. The summed E-state index contributed by atoms with van der Waals surface area (Å²) >= 11 is 3.33. The van der Waals surface area contributed by atoms with Gasteiger partial charge in [0.2, 0.25) is 0 Å². The van der Waals surface area contributed by atoms with Crippen molar-refractivity contribution in [1.82, 2.24) is 0 Å². The van der Waals surface area contributed by atoms with Crippen molar-refractivity contribution >= 4 is 21.8 Å². The summed E-state index contributed by atoms with van der Waals surface area (Å²) in [6.07, 6.45) is 0. The van der Waals surface area contributed by atoms with Gasteiger partial charge in [-0.2, -0.15) is 0 Å². The number of halogens is 1. The van der Waals surface area contributed by atoms with Gasteiger partial charge in [-0.25, -0.2) is 0 Å². The Hall–Kier alpha value is -1.27. The number of hydrogen-bond donors (Lipinski definition) is 2. The summed E-state index contributed by atoms with van der Waals surface area (Å²) < 4.78 is 11.4. The van der Waals surface area contributed by atoms with E-state index in [4.69, 9.17) is 20.4 Å². The SMILES string of the molecule is CCOCCOc1cccc(Br)c1/C(N)=N/O. The highest BCUT2D eigenvalue weighted by Crippen LogP contribution is 2.26. The highest BCUT2D eigenvalue weighted by Gasteiger charge is 2.12. The van der Waals surface area contributed by atoms with E-state index in [-0.39, 0.29) is 5.84 Å². The summed E-state index contributed by atoms with van der Waals surface area (Å²) in [5, 5.41) is 11.7. The summed E-state index contributed by atoms with van der Waals surface area (Å²) in [5.74, 6) is 0.554. The van der Waals surface area contributed by atoms with Crippen LogP contribution >= 0.6 is 15.9 Å². The molecule has 17 heavy (non-hydrogen) atoms. The van der Waals surface area contributed by atoms with E-state index < -0.39 is 0 Å². The smallest absolute Gasteiger partial charge is 0.174 e. The van der Waals surface area contributed by atoms with Gasteiger partial charge in [0.15, 0.2) is 5.84 Å². The van der Waals surface area contributed by atoms with Crippen LogP contribution in [0.2, 0.25) is 0 Å². The maximum absolute atomic E-state index is 8.71. The van der Waals surface area contributed by atoms with Gasteiger partial charge in [-0.05, 0) is 35.0 Å². The van der Waals surface area contributed by atoms with Gasteiger partial charge in [0, 0.05) is 11.1 Å². The second kappa shape index (κ2) is 7.13. The Labute approximate surface area is 108 Å². The number of amidine groups is 1. The molecule has 0 saturated heterocycles. The Bertz CT molecular complexity index is 396. The molecule has 0 spiro atoms. The number of oxime groups is 1. The van der Waals surface area contributed by atoms with Crippen molar-refractivity contribution in [3.05, 3.63) is 28.2 Å². The predicted molar refractivity (Wildman–Crippen MR) is 68.6 cm³/mol. The van der Waals surface area contributed by atoms with Crippen LogP contribution in [0.25, 0.3) is 0 Å². The first kappa shape index (κ1) is 13.8. The molecule has 0 unspecified atom stereocenters. The minimum absolute atomic E-state index is 0.00360. The molecule has 1 aromatic rings. The lowest BCUT2D eigenvalue weighted by Crippen LogP contribution is -2.16. The third kappa shape index (κ3) is 3.90. The highest BCUT2D eigenvalue weighted by atomic mass is 79.9. The zero-order valence-electron chi connectivity index (χ0n) is 9.52. The summed E-state index contributed by atoms with van der Waals surface area (Å²) in [6, 6.07) is 5.36. The molecule has 0 atom stereocenters. The molecule has 0 aromatic heterocycles. The standard InChI is InChI=1S/C11H15BrN2O3/c1-2-16-6-7-17-9-5-3-4-8(12)10(9)11(13)14-15/h3-5,15H,2,6-7H2,1H3,(H2,13,14). The Morgan fingerprint density at radius 3 is 2.88 bits per heavy atom. The molecule has 3 N–H and O–H groups in total. The average molecular weight is 303 g/mol. The quantitative estimate of drug-likeness (QED) is 0.277. The summed E-state index contributed by atoms with van der Waals surface area (Å²) in [7, 11) is 0. The average Bonchev–Trinajstić information content (AvgIpc) is 2.34. The Morgan fingerprint density at radius 1 is 1.47 bits per heavy atom. The predicted octanol–water partition coefficient (Wildman–Crippen LogP) is 1.96. The minimum Gasteiger partial charge on any atom is -0.490 e. The van der Waals surface area contributed by atoms with E-state index in [9.17, 15) is 0 Å². The van der Waals surface area contributed by atoms with Crippen LogP contribution in [0.5, 0.6) is 5.75 Å². The molecular weight excluding hydrogens is 288 g/mol. The lowest BCUT2D eigenvalue weighted by molar-refractivity contribution is 0.110. The molecule has 0 radical (unpaired) electrons. The van der Waals surface area contributed by atoms with E-state index in [0.717, 1.165) is 0 Å². The van der Waals surface area contributed by atoms with E-state index in [0.29, 0.717) is 35.6 Å². The molecule has 0 aliphatic carbocycles. The lowest BCUT2D eigenvalue weighted by Gasteiger charge is -2.11. The fraction of sp³-hybridized carbons (Fsp3) is 0.364. The van der Waals surface area contributed by atoms with Gasteiger partial charge in [0.05, 0.1) is 12.2 Å². The molecule has 0 bridgehead atoms. The third-order valence-electron chi connectivity index (χ3n) is 2.03. The fourth-order valence-corrected chi connectivity index (χ4v) is 1.83. The second-order valence-corrected chi connectivity index (χ2v) is 4.00. The molecule has 5 nitrogen and oxygen atoms in total. The number of nitrogens with zero attached hydrogens (tertiary/aromatic N) is 1. The fourth-order valence-electron chi connectivity index (χ4n) is 1.28. The van der Waals surface area contributed by atoms with Crippen LogP contribution in [0.4, 0.5) is 0 Å². The Morgan fingerprint density at radius 2 is 2.24 bits per heavy atom. The van der Waals surface area contributed by atoms with Crippen molar-refractivity contribution in [3.8, 4) is 5.75 Å². The van der Waals surface area contributed by atoms with Crippen molar-refractivity contribution in [2.45, 2.75) is 6.92 Å². The topological polar surface area (TPSA) is 77.1 Å². The van der Waals surface area contributed by atoms with Gasteiger partial charge in [0.25, 0.3) is 0 Å². The number of rotatable bonds is 6. The molecule has 0 aliphatic rings. The largest absolute Gasteiger partial charge is 0.490 e. The number of benzene rings is 1. The molecule has 0 amide bonds. The first-order chi connectivity index (χ1) is 8.20. The van der Waals surface area contributed by atoms with Crippen LogP contribution in [0, 0.1) is 0 Å². The van der Waals surface area contributed by atoms with E-state index in [2.05, 4.69) is 21.1 Å². The normalized spacial score (nSPS) is 11.5. The third-order valence-corrected chi connectivity index (χ3v) is 2.69. The van der Waals surface area contributed by atoms with Gasteiger partial charge >= 0.3 is 0 Å². The molecule has 0 fully saturated rings. The molecule has 6 heteroatoms. The zero-order valence-corrected chi connectivity index (χ0v) is 11.1. The van der Waals surface area contributed by atoms with E-state index in [1.54, 1.807) is 12.1 Å². The molecular formula is C11H15BrN2O3. The van der Waals surface area contributed by atoms with Crippen LogP contribution in [0.15, 0.2) is 27.8 Å². The maximum Gasteiger partial charge on any atom is 0.174 e. The van der Waals surface area contributed by atoms with Crippen LogP contribution < -0.4 is 10.5 Å². The van der Waals surface area contributed by atoms with Crippen LogP contribution in [0.1, 0.15) is 12.5 Å². The van der Waals surface area contributed by atoms with Gasteiger partial charge in [-0.15, -0.1) is 0 Å². The molecule has 1 rings (SSSR count). The van der Waals surface area contributed by atoms with Gasteiger partial charge in [-0.3, -0.25) is 0 Å². The Balaban J connectivity index is 2.80. The molecule has 94 valence electrons.